The van der Waals surface area contributed by atoms with Crippen LogP contribution in [0.2, 0.25) is 0 Å². The van der Waals surface area contributed by atoms with Crippen LogP contribution in [0.4, 0.5) is 0 Å². The van der Waals surface area contributed by atoms with Crippen molar-refractivity contribution in [3.05, 3.63) is 88.2 Å². The third-order valence-electron chi connectivity index (χ3n) is 4.74. The lowest BCUT2D eigenvalue weighted by molar-refractivity contribution is -0.125. The zero-order chi connectivity index (χ0) is 21.0. The zero-order valence-corrected chi connectivity index (χ0v) is 15.6. The van der Waals surface area contributed by atoms with Crippen molar-refractivity contribution in [2.24, 2.45) is 0 Å². The highest BCUT2D eigenvalue weighted by atomic mass is 16.3. The summed E-state index contributed by atoms with van der Waals surface area (Å²) in [6.45, 7) is 1.44. The quantitative estimate of drug-likeness (QED) is 0.446. The highest BCUT2D eigenvalue weighted by Crippen LogP contribution is 2.24. The van der Waals surface area contributed by atoms with E-state index in [9.17, 15) is 19.5 Å². The molecule has 3 amide bonds. The van der Waals surface area contributed by atoms with Gasteiger partial charge in [0.25, 0.3) is 11.8 Å². The van der Waals surface area contributed by atoms with Crippen LogP contribution in [0.5, 0.6) is 0 Å². The van der Waals surface area contributed by atoms with E-state index in [1.165, 1.54) is 19.1 Å². The monoisotopic (exact) mass is 391 g/mol. The van der Waals surface area contributed by atoms with Gasteiger partial charge in [-0.2, -0.15) is 0 Å². The van der Waals surface area contributed by atoms with Gasteiger partial charge in [-0.05, 0) is 24.6 Å². The summed E-state index contributed by atoms with van der Waals surface area (Å²) in [4.78, 5) is 41.7. The number of rotatable bonds is 6. The van der Waals surface area contributed by atoms with E-state index in [2.05, 4.69) is 10.3 Å². The molecule has 0 aromatic heterocycles. The number of benzene rings is 2. The van der Waals surface area contributed by atoms with E-state index in [-0.39, 0.29) is 23.3 Å². The number of fused-ring (bicyclic) bond motifs is 1. The molecular weight excluding hydrogens is 372 g/mol. The summed E-state index contributed by atoms with van der Waals surface area (Å²) in [5, 5.41) is 21.5. The van der Waals surface area contributed by atoms with E-state index in [1.807, 2.05) is 30.3 Å². The van der Waals surface area contributed by atoms with E-state index >= 15 is 0 Å². The highest BCUT2D eigenvalue weighted by Gasteiger charge is 2.41. The third-order valence-corrected chi connectivity index (χ3v) is 4.74. The molecule has 2 atom stereocenters. The fourth-order valence-electron chi connectivity index (χ4n) is 3.20. The Morgan fingerprint density at radius 2 is 1.66 bits per heavy atom. The Morgan fingerprint density at radius 3 is 2.21 bits per heavy atom. The number of amides is 3. The van der Waals surface area contributed by atoms with E-state index in [1.54, 1.807) is 12.1 Å². The lowest BCUT2D eigenvalue weighted by Crippen LogP contribution is -2.51. The maximum atomic E-state index is 12.8. The van der Waals surface area contributed by atoms with Crippen molar-refractivity contribution in [3.63, 3.8) is 0 Å². The summed E-state index contributed by atoms with van der Waals surface area (Å²) in [5.74, 6) is -2.08. The number of aliphatic hydroxyl groups is 1. The molecule has 0 bridgehead atoms. The third kappa shape index (κ3) is 3.99. The molecule has 2 aromatic rings. The van der Waals surface area contributed by atoms with Crippen LogP contribution < -0.4 is 5.32 Å². The Morgan fingerprint density at radius 1 is 1.10 bits per heavy atom. The Hall–Kier alpha value is -3.99. The summed E-state index contributed by atoms with van der Waals surface area (Å²) < 4.78 is 0. The minimum absolute atomic E-state index is 0.221. The number of aliphatic hydroxyl groups excluding tert-OH is 1. The van der Waals surface area contributed by atoms with Crippen LogP contribution in [-0.2, 0) is 11.2 Å². The summed E-state index contributed by atoms with van der Waals surface area (Å²) in [6, 6.07) is 13.5. The van der Waals surface area contributed by atoms with Crippen molar-refractivity contribution in [3.8, 4) is 0 Å². The van der Waals surface area contributed by atoms with Gasteiger partial charge >= 0.3 is 6.20 Å². The molecule has 0 radical (unpaired) electrons. The van der Waals surface area contributed by atoms with E-state index < -0.39 is 29.8 Å². The van der Waals surface area contributed by atoms with Crippen molar-refractivity contribution < 1.29 is 19.5 Å². The molecule has 2 aromatic carbocycles. The first-order valence-corrected chi connectivity index (χ1v) is 8.98. The van der Waals surface area contributed by atoms with Crippen molar-refractivity contribution in [1.29, 1.82) is 5.39 Å². The number of carbonyl (C=O) groups is 3. The number of nitrogens with one attached hydrogen (secondary N) is 1. The summed E-state index contributed by atoms with van der Waals surface area (Å²) >= 11 is 0. The minimum atomic E-state index is -1.10. The molecule has 0 spiro atoms. The van der Waals surface area contributed by atoms with Crippen LogP contribution in [0.3, 0.4) is 0 Å². The zero-order valence-electron chi connectivity index (χ0n) is 15.6. The lowest BCUT2D eigenvalue weighted by atomic mass is 10.0. The maximum absolute atomic E-state index is 12.8. The number of hydrogen-bond donors (Lipinski definition) is 2. The van der Waals surface area contributed by atoms with Gasteiger partial charge in [-0.25, -0.2) is 0 Å². The number of imide groups is 1. The minimum Gasteiger partial charge on any atom is -0.504 e. The van der Waals surface area contributed by atoms with Gasteiger partial charge in [0.05, 0.1) is 17.2 Å². The topological polar surface area (TPSA) is 115 Å². The van der Waals surface area contributed by atoms with Crippen LogP contribution in [0, 0.1) is 5.39 Å². The fraction of sp³-hybridized carbons (Fsp3) is 0.190. The van der Waals surface area contributed by atoms with Crippen molar-refractivity contribution in [2.75, 3.05) is 0 Å². The molecule has 0 fully saturated rings. The average Bonchev–Trinajstić information content (AvgIpc) is 2.98. The SMILES string of the molecule is C[C@H](C(=O)N[C@H](Cc1ccccc1)C(O)=C[N+]#N)N1C(=O)c2ccccc2C1=O. The predicted octanol–water partition coefficient (Wildman–Crippen LogP) is 2.65. The van der Waals surface area contributed by atoms with Crippen molar-refractivity contribution in [1.82, 2.24) is 10.2 Å². The summed E-state index contributed by atoms with van der Waals surface area (Å²) in [7, 11) is 0. The first-order chi connectivity index (χ1) is 13.9. The van der Waals surface area contributed by atoms with Gasteiger partial charge in [0.15, 0.2) is 4.98 Å². The van der Waals surface area contributed by atoms with Crippen LogP contribution in [0.25, 0.3) is 4.98 Å². The molecule has 146 valence electrons. The van der Waals surface area contributed by atoms with Gasteiger partial charge in [-0.15, -0.1) is 0 Å². The van der Waals surface area contributed by atoms with Gasteiger partial charge in [-0.3, -0.25) is 19.3 Å². The molecule has 0 unspecified atom stereocenters. The van der Waals surface area contributed by atoms with Crippen molar-refractivity contribution in [2.45, 2.75) is 25.4 Å². The Kier molecular flexibility index (Phi) is 5.69. The first-order valence-electron chi connectivity index (χ1n) is 8.98. The predicted molar refractivity (Wildman–Crippen MR) is 104 cm³/mol. The van der Waals surface area contributed by atoms with Crippen LogP contribution in [0.1, 0.15) is 33.2 Å². The van der Waals surface area contributed by atoms with Gasteiger partial charge < -0.3 is 10.4 Å². The molecule has 0 aliphatic carbocycles. The normalized spacial score (nSPS) is 15.4. The fourth-order valence-corrected chi connectivity index (χ4v) is 3.20. The average molecular weight is 391 g/mol. The molecule has 1 heterocycles. The maximum Gasteiger partial charge on any atom is 0.389 e. The molecule has 0 saturated heterocycles. The van der Waals surface area contributed by atoms with Crippen LogP contribution in [-0.4, -0.2) is 39.8 Å². The molecule has 29 heavy (non-hydrogen) atoms. The van der Waals surface area contributed by atoms with Crippen LogP contribution >= 0.6 is 0 Å². The molecule has 3 rings (SSSR count). The summed E-state index contributed by atoms with van der Waals surface area (Å²) in [6.07, 6.45) is 1.04. The second-order valence-electron chi connectivity index (χ2n) is 6.62. The van der Waals surface area contributed by atoms with Gasteiger partial charge in [0.2, 0.25) is 17.1 Å². The molecule has 8 nitrogen and oxygen atoms in total. The van der Waals surface area contributed by atoms with Crippen molar-refractivity contribution >= 4 is 17.7 Å². The largest absolute Gasteiger partial charge is 0.504 e. The molecule has 1 aliphatic heterocycles. The number of diazo groups is 1. The molecule has 0 saturated carbocycles. The number of carbonyl (C=O) groups excluding carboxylic acids is 3. The van der Waals surface area contributed by atoms with E-state index in [0.29, 0.717) is 0 Å². The van der Waals surface area contributed by atoms with E-state index in [0.717, 1.165) is 16.7 Å². The lowest BCUT2D eigenvalue weighted by Gasteiger charge is -2.24. The second kappa shape index (κ2) is 8.35. The Labute approximate surface area is 167 Å². The van der Waals surface area contributed by atoms with Gasteiger partial charge in [0.1, 0.15) is 6.04 Å². The Bertz CT molecular complexity index is 991. The molecule has 1 aliphatic rings. The summed E-state index contributed by atoms with van der Waals surface area (Å²) in [5.41, 5.74) is 1.32. The first kappa shape index (κ1) is 19.8. The van der Waals surface area contributed by atoms with Crippen LogP contribution in [0.15, 0.2) is 66.6 Å². The molecule has 2 N–H and O–H groups in total. The molecule has 8 heteroatoms. The van der Waals surface area contributed by atoms with Gasteiger partial charge in [0, 0.05) is 6.42 Å². The Balaban J connectivity index is 1.79. The number of nitrogens with zero attached hydrogens (tertiary/aromatic N) is 3. The van der Waals surface area contributed by atoms with Gasteiger partial charge in [-0.1, -0.05) is 42.5 Å². The van der Waals surface area contributed by atoms with E-state index in [4.69, 9.17) is 5.39 Å². The number of hydrogen-bond acceptors (Lipinski definition) is 5. The highest BCUT2D eigenvalue weighted by molar-refractivity contribution is 6.22. The standard InChI is InChI=1S/C21H18N4O4/c1-13(25-20(28)15-9-5-6-10-16(15)21(25)29)19(27)24-17(18(26)12-23-22)11-14-7-3-2-4-8-14/h2-10,12-13,17H,11H2,1H3,(H-,24,26,27)/p+1/t13-,17-/m1/s1. The smallest absolute Gasteiger partial charge is 0.389 e. The molecular formula is C21H19N4O4+. The second-order valence-corrected chi connectivity index (χ2v) is 6.62.